The average molecular weight is 302 g/mol. The van der Waals surface area contributed by atoms with Crippen LogP contribution in [0.15, 0.2) is 36.1 Å². The maximum absolute atomic E-state index is 12.0. The molecule has 21 heavy (non-hydrogen) atoms. The fourth-order valence-electron chi connectivity index (χ4n) is 2.68. The lowest BCUT2D eigenvalue weighted by Crippen LogP contribution is -2.27. The highest BCUT2D eigenvalue weighted by Gasteiger charge is 2.27. The summed E-state index contributed by atoms with van der Waals surface area (Å²) in [5, 5.41) is 6.06. The molecular weight excluding hydrogens is 284 g/mol. The Balaban J connectivity index is 1.51. The van der Waals surface area contributed by atoms with Gasteiger partial charge >= 0.3 is 0 Å². The van der Waals surface area contributed by atoms with Crippen molar-refractivity contribution in [3.63, 3.8) is 0 Å². The molecule has 0 radical (unpaired) electrons. The van der Waals surface area contributed by atoms with Gasteiger partial charge in [0.05, 0.1) is 17.9 Å². The van der Waals surface area contributed by atoms with Gasteiger partial charge in [-0.15, -0.1) is 11.3 Å². The fourth-order valence-corrected chi connectivity index (χ4v) is 3.48. The minimum atomic E-state index is 0.0350. The van der Waals surface area contributed by atoms with E-state index in [1.165, 1.54) is 11.4 Å². The Bertz CT molecular complexity index is 573. The van der Waals surface area contributed by atoms with Crippen LogP contribution in [0.2, 0.25) is 0 Å². The summed E-state index contributed by atoms with van der Waals surface area (Å²) in [4.78, 5) is 22.7. The number of nitrogens with zero attached hydrogens (tertiary/aromatic N) is 3. The fraction of sp³-hybridized carbons (Fsp3) is 0.400. The molecule has 1 fully saturated rings. The van der Waals surface area contributed by atoms with Crippen molar-refractivity contribution in [3.8, 4) is 0 Å². The number of aromatic nitrogens is 2. The van der Waals surface area contributed by atoms with E-state index in [2.05, 4.69) is 20.2 Å². The molecule has 1 aliphatic heterocycles. The van der Waals surface area contributed by atoms with Crippen LogP contribution in [0.4, 0.5) is 5.69 Å². The monoisotopic (exact) mass is 302 g/mol. The van der Waals surface area contributed by atoms with Crippen LogP contribution in [0.1, 0.15) is 30.3 Å². The number of nitrogens with one attached hydrogen (secondary N) is 1. The summed E-state index contributed by atoms with van der Waals surface area (Å²) < 4.78 is 0. The van der Waals surface area contributed by atoms with Crippen LogP contribution in [0.5, 0.6) is 0 Å². The Morgan fingerprint density at radius 1 is 1.48 bits per heavy atom. The summed E-state index contributed by atoms with van der Waals surface area (Å²) in [6, 6.07) is 4.05. The van der Waals surface area contributed by atoms with Crippen molar-refractivity contribution in [3.05, 3.63) is 41.1 Å². The largest absolute Gasteiger partial charge is 0.325 e. The van der Waals surface area contributed by atoms with E-state index >= 15 is 0 Å². The lowest BCUT2D eigenvalue weighted by Gasteiger charge is -2.22. The molecule has 1 N–H and O–H groups in total. The third-order valence-electron chi connectivity index (χ3n) is 3.67. The molecule has 0 spiro atoms. The predicted octanol–water partition coefficient (Wildman–Crippen LogP) is 2.70. The van der Waals surface area contributed by atoms with Crippen LogP contribution >= 0.6 is 11.3 Å². The zero-order valence-electron chi connectivity index (χ0n) is 11.7. The number of carbonyl (C=O) groups is 1. The van der Waals surface area contributed by atoms with E-state index in [4.69, 9.17) is 0 Å². The summed E-state index contributed by atoms with van der Waals surface area (Å²) in [6.45, 7) is 1.82. The summed E-state index contributed by atoms with van der Waals surface area (Å²) in [6.07, 6.45) is 8.01. The van der Waals surface area contributed by atoms with E-state index in [9.17, 15) is 4.79 Å². The molecule has 110 valence electrons. The summed E-state index contributed by atoms with van der Waals surface area (Å²) in [5.74, 6) is 0.0350. The van der Waals surface area contributed by atoms with Crippen molar-refractivity contribution in [2.45, 2.75) is 25.3 Å². The SMILES string of the molecule is O=C(CCN1CCCC1c1nccs1)Nc1cccnc1. The van der Waals surface area contributed by atoms with Crippen molar-refractivity contribution >= 4 is 22.9 Å². The molecule has 6 heteroatoms. The van der Waals surface area contributed by atoms with Crippen molar-refractivity contribution in [1.82, 2.24) is 14.9 Å². The second-order valence-corrected chi connectivity index (χ2v) is 6.03. The lowest BCUT2D eigenvalue weighted by atomic mass is 10.2. The van der Waals surface area contributed by atoms with Crippen LogP contribution < -0.4 is 5.32 Å². The number of pyridine rings is 1. The molecule has 0 aliphatic carbocycles. The second-order valence-electron chi connectivity index (χ2n) is 5.10. The zero-order chi connectivity index (χ0) is 14.5. The predicted molar refractivity (Wildman–Crippen MR) is 83.1 cm³/mol. The maximum atomic E-state index is 12.0. The number of carbonyl (C=O) groups excluding carboxylic acids is 1. The first-order valence-electron chi connectivity index (χ1n) is 7.16. The molecule has 0 bridgehead atoms. The third kappa shape index (κ3) is 3.65. The van der Waals surface area contributed by atoms with E-state index in [1.807, 2.05) is 23.7 Å². The number of amides is 1. The summed E-state index contributed by atoms with van der Waals surface area (Å²) in [7, 11) is 0. The molecule has 5 nitrogen and oxygen atoms in total. The van der Waals surface area contributed by atoms with Gasteiger partial charge in [0.2, 0.25) is 5.91 Å². The van der Waals surface area contributed by atoms with E-state index in [-0.39, 0.29) is 5.91 Å². The number of likely N-dealkylation sites (tertiary alicyclic amines) is 1. The highest BCUT2D eigenvalue weighted by atomic mass is 32.1. The Hall–Kier alpha value is -1.79. The molecule has 3 rings (SSSR count). The van der Waals surface area contributed by atoms with Crippen LogP contribution in [0.25, 0.3) is 0 Å². The van der Waals surface area contributed by atoms with Crippen LogP contribution in [-0.2, 0) is 4.79 Å². The van der Waals surface area contributed by atoms with Crippen LogP contribution in [0.3, 0.4) is 0 Å². The molecule has 2 aromatic heterocycles. The molecule has 0 aromatic carbocycles. The minimum absolute atomic E-state index is 0.0350. The van der Waals surface area contributed by atoms with Gasteiger partial charge in [-0.05, 0) is 31.5 Å². The number of anilines is 1. The zero-order valence-corrected chi connectivity index (χ0v) is 12.6. The van der Waals surface area contributed by atoms with Gasteiger partial charge in [0, 0.05) is 30.7 Å². The van der Waals surface area contributed by atoms with E-state index in [1.54, 1.807) is 23.7 Å². The third-order valence-corrected chi connectivity index (χ3v) is 4.55. The molecule has 1 aliphatic rings. The van der Waals surface area contributed by atoms with Gasteiger partial charge in [0.1, 0.15) is 5.01 Å². The van der Waals surface area contributed by atoms with Crippen molar-refractivity contribution in [1.29, 1.82) is 0 Å². The van der Waals surface area contributed by atoms with E-state index < -0.39 is 0 Å². The molecule has 1 unspecified atom stereocenters. The molecule has 1 amide bonds. The standard InChI is InChI=1S/C15H18N4OS/c20-14(18-12-3-1-6-16-11-12)5-9-19-8-2-4-13(19)15-17-7-10-21-15/h1,3,6-7,10-11,13H,2,4-5,8-9H2,(H,18,20). The average Bonchev–Trinajstić information content (AvgIpc) is 3.17. The normalized spacial score (nSPS) is 18.8. The molecule has 2 aromatic rings. The Labute approximate surface area is 128 Å². The lowest BCUT2D eigenvalue weighted by molar-refractivity contribution is -0.116. The first-order valence-corrected chi connectivity index (χ1v) is 8.04. The smallest absolute Gasteiger partial charge is 0.225 e. The Morgan fingerprint density at radius 2 is 2.43 bits per heavy atom. The molecule has 3 heterocycles. The van der Waals surface area contributed by atoms with Gasteiger partial charge in [-0.25, -0.2) is 4.98 Å². The van der Waals surface area contributed by atoms with Gasteiger partial charge in [0.15, 0.2) is 0 Å². The van der Waals surface area contributed by atoms with Gasteiger partial charge in [0.25, 0.3) is 0 Å². The molecule has 1 atom stereocenters. The second kappa shape index (κ2) is 6.78. The van der Waals surface area contributed by atoms with Gasteiger partial charge in [-0.1, -0.05) is 0 Å². The first-order chi connectivity index (χ1) is 10.3. The van der Waals surface area contributed by atoms with Gasteiger partial charge in [-0.3, -0.25) is 14.7 Å². The quantitative estimate of drug-likeness (QED) is 0.922. The minimum Gasteiger partial charge on any atom is -0.325 e. The summed E-state index contributed by atoms with van der Waals surface area (Å²) >= 11 is 1.70. The van der Waals surface area contributed by atoms with Crippen LogP contribution in [0, 0.1) is 0 Å². The topological polar surface area (TPSA) is 58.1 Å². The number of hydrogen-bond donors (Lipinski definition) is 1. The maximum Gasteiger partial charge on any atom is 0.225 e. The van der Waals surface area contributed by atoms with Crippen LogP contribution in [-0.4, -0.2) is 33.9 Å². The van der Waals surface area contributed by atoms with Crippen molar-refractivity contribution < 1.29 is 4.79 Å². The number of thiazole rings is 1. The highest BCUT2D eigenvalue weighted by Crippen LogP contribution is 2.32. The molecule has 0 saturated carbocycles. The van der Waals surface area contributed by atoms with Crippen molar-refractivity contribution in [2.24, 2.45) is 0 Å². The number of hydrogen-bond acceptors (Lipinski definition) is 5. The van der Waals surface area contributed by atoms with Gasteiger partial charge < -0.3 is 5.32 Å². The molecule has 1 saturated heterocycles. The Kier molecular flexibility index (Phi) is 4.57. The molecular formula is C15H18N4OS. The van der Waals surface area contributed by atoms with Gasteiger partial charge in [-0.2, -0.15) is 0 Å². The number of rotatable bonds is 5. The van der Waals surface area contributed by atoms with Crippen molar-refractivity contribution in [2.75, 3.05) is 18.4 Å². The first kappa shape index (κ1) is 14.2. The van der Waals surface area contributed by atoms with E-state index in [0.717, 1.165) is 25.2 Å². The van der Waals surface area contributed by atoms with E-state index in [0.29, 0.717) is 12.5 Å². The summed E-state index contributed by atoms with van der Waals surface area (Å²) in [5.41, 5.74) is 0.750. The highest BCUT2D eigenvalue weighted by molar-refractivity contribution is 7.09. The Morgan fingerprint density at radius 3 is 3.19 bits per heavy atom.